The molecule has 0 aliphatic rings. The number of anilines is 1. The van der Waals surface area contributed by atoms with Crippen LogP contribution in [-0.4, -0.2) is 12.2 Å². The van der Waals surface area contributed by atoms with Gasteiger partial charge in [-0.2, -0.15) is 5.10 Å². The van der Waals surface area contributed by atoms with Crippen LogP contribution in [0.15, 0.2) is 90.0 Å². The molecule has 0 spiro atoms. The monoisotopic (exact) mass is 339 g/mol. The van der Waals surface area contributed by atoms with Gasteiger partial charge in [0.15, 0.2) is 0 Å². The number of urea groups is 1. The number of nitrogens with one attached hydrogen (secondary N) is 2. The van der Waals surface area contributed by atoms with Crippen LogP contribution in [0.5, 0.6) is 0 Å². The van der Waals surface area contributed by atoms with E-state index in [1.807, 2.05) is 84.9 Å². The molecule has 26 heavy (non-hydrogen) atoms. The molecule has 0 atom stereocenters. The van der Waals surface area contributed by atoms with Crippen LogP contribution in [0.2, 0.25) is 0 Å². The Morgan fingerprint density at radius 1 is 0.731 bits per heavy atom. The molecule has 2 amide bonds. The van der Waals surface area contributed by atoms with Crippen molar-refractivity contribution in [2.45, 2.75) is 0 Å². The van der Waals surface area contributed by atoms with E-state index >= 15 is 0 Å². The molecule has 0 heterocycles. The summed E-state index contributed by atoms with van der Waals surface area (Å²) >= 11 is 0. The minimum Gasteiger partial charge on any atom is -0.306 e. The molecular weight excluding hydrogens is 322 g/mol. The van der Waals surface area contributed by atoms with Gasteiger partial charge < -0.3 is 5.32 Å². The Hall–Kier alpha value is -3.66. The maximum Gasteiger partial charge on any atom is 0.339 e. The van der Waals surface area contributed by atoms with Crippen molar-refractivity contribution in [3.05, 3.63) is 90.5 Å². The van der Waals surface area contributed by atoms with E-state index in [4.69, 9.17) is 0 Å². The van der Waals surface area contributed by atoms with E-state index in [9.17, 15) is 4.79 Å². The molecule has 0 aliphatic carbocycles. The second kappa shape index (κ2) is 7.07. The summed E-state index contributed by atoms with van der Waals surface area (Å²) < 4.78 is 0. The Morgan fingerprint density at radius 3 is 2.15 bits per heavy atom. The Bertz CT molecular complexity index is 1110. The zero-order valence-corrected chi connectivity index (χ0v) is 14.0. The van der Waals surface area contributed by atoms with E-state index in [1.54, 1.807) is 6.21 Å². The number of hydrogen-bond acceptors (Lipinski definition) is 2. The van der Waals surface area contributed by atoms with E-state index in [1.165, 1.54) is 0 Å². The Labute approximate surface area is 151 Å². The van der Waals surface area contributed by atoms with Gasteiger partial charge in [-0.15, -0.1) is 0 Å². The van der Waals surface area contributed by atoms with Crippen molar-refractivity contribution < 1.29 is 4.79 Å². The molecule has 0 fully saturated rings. The van der Waals surface area contributed by atoms with Crippen molar-refractivity contribution >= 4 is 39.5 Å². The smallest absolute Gasteiger partial charge is 0.306 e. The molecule has 126 valence electrons. The fourth-order valence-electron chi connectivity index (χ4n) is 3.01. The quantitative estimate of drug-likeness (QED) is 0.394. The molecular formula is C22H17N3O. The lowest BCUT2D eigenvalue weighted by molar-refractivity contribution is 0.252. The lowest BCUT2D eigenvalue weighted by atomic mass is 10.1. The number of carbonyl (C=O) groups excluding carboxylic acids is 1. The fourth-order valence-corrected chi connectivity index (χ4v) is 3.01. The van der Waals surface area contributed by atoms with E-state index in [2.05, 4.69) is 15.8 Å². The Morgan fingerprint density at radius 2 is 1.35 bits per heavy atom. The van der Waals surface area contributed by atoms with Gasteiger partial charge in [0, 0.05) is 10.9 Å². The van der Waals surface area contributed by atoms with Crippen LogP contribution in [0.3, 0.4) is 0 Å². The molecule has 0 aliphatic heterocycles. The third-order valence-electron chi connectivity index (χ3n) is 4.23. The van der Waals surface area contributed by atoms with Crippen LogP contribution in [-0.2, 0) is 0 Å². The lowest BCUT2D eigenvalue weighted by Crippen LogP contribution is -2.24. The average Bonchev–Trinajstić information content (AvgIpc) is 2.68. The predicted molar refractivity (Wildman–Crippen MR) is 108 cm³/mol. The molecule has 0 radical (unpaired) electrons. The number of rotatable bonds is 3. The van der Waals surface area contributed by atoms with Gasteiger partial charge in [0.2, 0.25) is 0 Å². The molecule has 0 aromatic heterocycles. The molecule has 4 heteroatoms. The van der Waals surface area contributed by atoms with Crippen molar-refractivity contribution in [2.24, 2.45) is 5.10 Å². The Balaban J connectivity index is 1.49. The number of fused-ring (bicyclic) bond motifs is 2. The summed E-state index contributed by atoms with van der Waals surface area (Å²) in [5.74, 6) is 0. The maximum absolute atomic E-state index is 12.2. The summed E-state index contributed by atoms with van der Waals surface area (Å²) in [7, 11) is 0. The van der Waals surface area contributed by atoms with Crippen molar-refractivity contribution in [2.75, 3.05) is 5.32 Å². The summed E-state index contributed by atoms with van der Waals surface area (Å²) in [6, 6.07) is 27.4. The molecule has 0 saturated heterocycles. The highest BCUT2D eigenvalue weighted by molar-refractivity contribution is 6.02. The van der Waals surface area contributed by atoms with Crippen LogP contribution in [0.25, 0.3) is 21.5 Å². The second-order valence-electron chi connectivity index (χ2n) is 5.92. The maximum atomic E-state index is 12.2. The summed E-state index contributed by atoms with van der Waals surface area (Å²) in [4.78, 5) is 12.2. The van der Waals surface area contributed by atoms with Crippen LogP contribution in [0.4, 0.5) is 10.5 Å². The molecule has 4 aromatic carbocycles. The summed E-state index contributed by atoms with van der Waals surface area (Å²) in [5.41, 5.74) is 4.23. The first-order valence-electron chi connectivity index (χ1n) is 8.37. The molecule has 0 bridgehead atoms. The topological polar surface area (TPSA) is 53.5 Å². The number of benzene rings is 4. The third-order valence-corrected chi connectivity index (χ3v) is 4.23. The highest BCUT2D eigenvalue weighted by atomic mass is 16.2. The Kier molecular flexibility index (Phi) is 4.31. The van der Waals surface area contributed by atoms with E-state index < -0.39 is 0 Å². The fraction of sp³-hybridized carbons (Fsp3) is 0. The zero-order valence-electron chi connectivity index (χ0n) is 14.0. The van der Waals surface area contributed by atoms with Gasteiger partial charge in [0.25, 0.3) is 0 Å². The van der Waals surface area contributed by atoms with Gasteiger partial charge >= 0.3 is 6.03 Å². The molecule has 0 unspecified atom stereocenters. The second-order valence-corrected chi connectivity index (χ2v) is 5.92. The third kappa shape index (κ3) is 3.26. The molecule has 4 nitrogen and oxygen atoms in total. The van der Waals surface area contributed by atoms with Gasteiger partial charge in [-0.25, -0.2) is 10.2 Å². The van der Waals surface area contributed by atoms with Crippen molar-refractivity contribution in [1.29, 1.82) is 0 Å². The number of carbonyl (C=O) groups is 1. The van der Waals surface area contributed by atoms with Crippen LogP contribution in [0.1, 0.15) is 5.56 Å². The number of hydrazone groups is 1. The van der Waals surface area contributed by atoms with Gasteiger partial charge in [0.1, 0.15) is 0 Å². The first-order valence-corrected chi connectivity index (χ1v) is 8.37. The highest BCUT2D eigenvalue weighted by Gasteiger charge is 2.04. The summed E-state index contributed by atoms with van der Waals surface area (Å²) in [5, 5.41) is 11.2. The number of hydrogen-bond donors (Lipinski definition) is 2. The SMILES string of the molecule is O=C(N/N=C\c1cccc2ccccc12)Nc1cccc2ccccc12. The first-order chi connectivity index (χ1) is 12.8. The van der Waals surface area contributed by atoms with Gasteiger partial charge in [-0.3, -0.25) is 0 Å². The van der Waals surface area contributed by atoms with Crippen LogP contribution >= 0.6 is 0 Å². The predicted octanol–water partition coefficient (Wildman–Crippen LogP) is 5.15. The van der Waals surface area contributed by atoms with Gasteiger partial charge in [-0.05, 0) is 22.2 Å². The lowest BCUT2D eigenvalue weighted by Gasteiger charge is -2.08. The van der Waals surface area contributed by atoms with Crippen molar-refractivity contribution in [1.82, 2.24) is 5.43 Å². The van der Waals surface area contributed by atoms with Crippen LogP contribution < -0.4 is 10.7 Å². The average molecular weight is 339 g/mol. The minimum absolute atomic E-state index is 0.377. The molecule has 4 aromatic rings. The van der Waals surface area contributed by atoms with E-state index in [0.717, 1.165) is 32.8 Å². The molecule has 0 saturated carbocycles. The summed E-state index contributed by atoms with van der Waals surface area (Å²) in [6.07, 6.45) is 1.66. The molecule has 4 rings (SSSR count). The summed E-state index contributed by atoms with van der Waals surface area (Å²) in [6.45, 7) is 0. The van der Waals surface area contributed by atoms with Crippen molar-refractivity contribution in [3.8, 4) is 0 Å². The minimum atomic E-state index is -0.377. The van der Waals surface area contributed by atoms with Gasteiger partial charge in [-0.1, -0.05) is 78.9 Å². The largest absolute Gasteiger partial charge is 0.339 e. The van der Waals surface area contributed by atoms with E-state index in [-0.39, 0.29) is 6.03 Å². The van der Waals surface area contributed by atoms with E-state index in [0.29, 0.717) is 0 Å². The van der Waals surface area contributed by atoms with Gasteiger partial charge in [0.05, 0.1) is 11.9 Å². The normalized spacial score (nSPS) is 11.1. The first kappa shape index (κ1) is 15.8. The molecule has 2 N–H and O–H groups in total. The number of amides is 2. The standard InChI is InChI=1S/C22H17N3O/c26-22(24-21-14-6-10-17-8-2-4-13-20(17)21)25-23-15-18-11-5-9-16-7-1-3-12-19(16)18/h1-15H,(H2,24,25,26)/b23-15-. The zero-order chi connectivity index (χ0) is 17.8. The van der Waals surface area contributed by atoms with Crippen molar-refractivity contribution in [3.63, 3.8) is 0 Å². The van der Waals surface area contributed by atoms with Crippen LogP contribution in [0, 0.1) is 0 Å². The highest BCUT2D eigenvalue weighted by Crippen LogP contribution is 2.22. The number of nitrogens with zero attached hydrogens (tertiary/aromatic N) is 1.